The predicted octanol–water partition coefficient (Wildman–Crippen LogP) is 2.77. The molecule has 0 bridgehead atoms. The summed E-state index contributed by atoms with van der Waals surface area (Å²) in [6, 6.07) is 8.62. The Morgan fingerprint density at radius 2 is 1.91 bits per heavy atom. The summed E-state index contributed by atoms with van der Waals surface area (Å²) in [6.45, 7) is 4.23. The van der Waals surface area contributed by atoms with Gasteiger partial charge in [-0.15, -0.1) is 0 Å². The van der Waals surface area contributed by atoms with Crippen LogP contribution in [0.15, 0.2) is 53.0 Å². The minimum atomic E-state index is -2.68. The molecule has 0 fully saturated rings. The number of nitrogens with zero attached hydrogens (tertiary/aromatic N) is 1. The van der Waals surface area contributed by atoms with E-state index in [9.17, 15) is 34.8 Å². The fraction of sp³-hybridized carbons (Fsp3) is 0.406. The quantitative estimate of drug-likeness (QED) is 0.270. The topological polar surface area (TPSA) is 173 Å². The highest BCUT2D eigenvalue weighted by molar-refractivity contribution is 6.33. The molecule has 0 saturated heterocycles. The standard InChI is InChI=1S/C32H34ClN3O7/c1-2-8-35-26-20-11-17-10-19-23(27(38)22(17)29(40)32(20,43)30(41)24(28(26)39)31(34)42)21(37)12-18(25(19)33)14-36-9-7-15-5-3-4-6-16(15)13-36/h3-6,12,17,20,26,35,37,39-40,43H,2,7-11,13-14H2,1H3,(H2,34,42)/t17-,20-,26-,32-/m0/s1. The van der Waals surface area contributed by atoms with Gasteiger partial charge in [-0.25, -0.2) is 0 Å². The molecule has 4 aliphatic rings. The Bertz CT molecular complexity index is 1630. The van der Waals surface area contributed by atoms with Crippen LogP contribution < -0.4 is 11.1 Å². The molecular formula is C32H34ClN3O7. The number of phenols is 1. The van der Waals surface area contributed by atoms with Gasteiger partial charge in [0, 0.05) is 36.1 Å². The maximum Gasteiger partial charge on any atom is 0.255 e. The van der Waals surface area contributed by atoms with Crippen LogP contribution in [0.4, 0.5) is 0 Å². The van der Waals surface area contributed by atoms with Crippen LogP contribution in [0.2, 0.25) is 5.02 Å². The number of allylic oxidation sites excluding steroid dienone is 1. The minimum Gasteiger partial charge on any atom is -0.510 e. The number of rotatable bonds is 6. The van der Waals surface area contributed by atoms with E-state index < -0.39 is 58.0 Å². The van der Waals surface area contributed by atoms with Crippen LogP contribution in [0.1, 0.15) is 52.4 Å². The van der Waals surface area contributed by atoms with Crippen molar-refractivity contribution in [2.75, 3.05) is 13.1 Å². The highest BCUT2D eigenvalue weighted by Gasteiger charge is 2.62. The first-order valence-corrected chi connectivity index (χ1v) is 14.9. The average Bonchev–Trinajstić information content (AvgIpc) is 2.97. The van der Waals surface area contributed by atoms with E-state index in [0.29, 0.717) is 35.7 Å². The van der Waals surface area contributed by atoms with Crippen molar-refractivity contribution in [3.8, 4) is 5.75 Å². The monoisotopic (exact) mass is 607 g/mol. The molecule has 7 N–H and O–H groups in total. The smallest absolute Gasteiger partial charge is 0.255 e. The van der Waals surface area contributed by atoms with Gasteiger partial charge in [0.25, 0.3) is 5.91 Å². The molecule has 226 valence electrons. The Kier molecular flexibility index (Phi) is 7.37. The third-order valence-electron chi connectivity index (χ3n) is 9.43. The number of Topliss-reactive ketones (excluding diaryl/α,β-unsaturated/α-hetero) is 2. The summed E-state index contributed by atoms with van der Waals surface area (Å²) in [5.74, 6) is -6.86. The number of ketones is 2. The Balaban J connectivity index is 1.39. The molecule has 6 rings (SSSR count). The lowest BCUT2D eigenvalue weighted by Crippen LogP contribution is -2.64. The largest absolute Gasteiger partial charge is 0.510 e. The molecule has 0 radical (unpaired) electrons. The molecule has 2 aromatic rings. The molecule has 1 heterocycles. The second kappa shape index (κ2) is 10.8. The number of hydrogen-bond donors (Lipinski definition) is 6. The van der Waals surface area contributed by atoms with Gasteiger partial charge < -0.3 is 31.5 Å². The van der Waals surface area contributed by atoms with E-state index in [0.717, 1.165) is 19.5 Å². The molecular weight excluding hydrogens is 574 g/mol. The SMILES string of the molecule is CCCN[C@@H]1C(O)=C(C(N)=O)C(=O)[C@@]2(O)C(O)=C3C(=O)c4c(O)cc(CN5CCc6ccccc6C5)c(Cl)c4C[C@H]3C[C@@H]12. The number of benzene rings is 2. The molecule has 1 aliphatic heterocycles. The fourth-order valence-electron chi connectivity index (χ4n) is 7.36. The van der Waals surface area contributed by atoms with Crippen LogP contribution in [-0.4, -0.2) is 67.5 Å². The molecule has 0 unspecified atom stereocenters. The highest BCUT2D eigenvalue weighted by atomic mass is 35.5. The van der Waals surface area contributed by atoms with Crippen molar-refractivity contribution in [1.82, 2.24) is 10.2 Å². The van der Waals surface area contributed by atoms with Gasteiger partial charge in [-0.05, 0) is 66.5 Å². The Morgan fingerprint density at radius 3 is 2.60 bits per heavy atom. The van der Waals surface area contributed by atoms with Crippen LogP contribution in [0.5, 0.6) is 5.75 Å². The minimum absolute atomic E-state index is 0.00846. The molecule has 3 aliphatic carbocycles. The van der Waals surface area contributed by atoms with E-state index >= 15 is 0 Å². The molecule has 10 nitrogen and oxygen atoms in total. The summed E-state index contributed by atoms with van der Waals surface area (Å²) in [4.78, 5) is 41.7. The van der Waals surface area contributed by atoms with E-state index in [4.69, 9.17) is 17.3 Å². The third-order valence-corrected chi connectivity index (χ3v) is 9.90. The zero-order valence-electron chi connectivity index (χ0n) is 23.7. The summed E-state index contributed by atoms with van der Waals surface area (Å²) in [5.41, 5.74) is 5.22. The van der Waals surface area contributed by atoms with Crippen molar-refractivity contribution in [1.29, 1.82) is 0 Å². The van der Waals surface area contributed by atoms with Crippen molar-refractivity contribution in [3.63, 3.8) is 0 Å². The number of carbonyl (C=O) groups excluding carboxylic acids is 3. The van der Waals surface area contributed by atoms with Gasteiger partial charge in [-0.3, -0.25) is 19.3 Å². The number of fused-ring (bicyclic) bond motifs is 4. The Labute approximate surface area is 253 Å². The molecule has 4 atom stereocenters. The van der Waals surface area contributed by atoms with Crippen LogP contribution in [0.25, 0.3) is 0 Å². The van der Waals surface area contributed by atoms with Crippen LogP contribution in [0, 0.1) is 11.8 Å². The second-order valence-corrected chi connectivity index (χ2v) is 12.3. The van der Waals surface area contributed by atoms with Crippen molar-refractivity contribution < 1.29 is 34.8 Å². The van der Waals surface area contributed by atoms with E-state index in [2.05, 4.69) is 22.3 Å². The lowest BCUT2D eigenvalue weighted by Gasteiger charge is -2.49. The molecule has 1 amide bonds. The number of nitrogens with one attached hydrogen (secondary N) is 1. The van der Waals surface area contributed by atoms with Gasteiger partial charge in [-0.1, -0.05) is 42.8 Å². The van der Waals surface area contributed by atoms with Crippen LogP contribution in [0.3, 0.4) is 0 Å². The number of aliphatic hydroxyl groups excluding tert-OH is 2. The summed E-state index contributed by atoms with van der Waals surface area (Å²) in [5, 5.41) is 48.6. The first-order chi connectivity index (χ1) is 20.5. The Morgan fingerprint density at radius 1 is 1.19 bits per heavy atom. The molecule has 43 heavy (non-hydrogen) atoms. The number of nitrogens with two attached hydrogens (primary N) is 1. The van der Waals surface area contributed by atoms with Gasteiger partial charge in [0.15, 0.2) is 11.4 Å². The van der Waals surface area contributed by atoms with Crippen molar-refractivity contribution >= 4 is 29.1 Å². The number of amides is 1. The summed E-state index contributed by atoms with van der Waals surface area (Å²) >= 11 is 6.93. The number of hydrogen-bond acceptors (Lipinski definition) is 9. The summed E-state index contributed by atoms with van der Waals surface area (Å²) in [7, 11) is 0. The van der Waals surface area contributed by atoms with Crippen molar-refractivity contribution in [2.45, 2.75) is 57.3 Å². The van der Waals surface area contributed by atoms with Gasteiger partial charge in [0.2, 0.25) is 5.78 Å². The number of carbonyl (C=O) groups is 3. The molecule has 0 aromatic heterocycles. The summed E-state index contributed by atoms with van der Waals surface area (Å²) in [6.07, 6.45) is 1.68. The lowest BCUT2D eigenvalue weighted by molar-refractivity contribution is -0.146. The van der Waals surface area contributed by atoms with E-state index in [-0.39, 0.29) is 29.7 Å². The van der Waals surface area contributed by atoms with Crippen molar-refractivity contribution in [3.05, 3.63) is 85.8 Å². The highest BCUT2D eigenvalue weighted by Crippen LogP contribution is 2.52. The first-order valence-electron chi connectivity index (χ1n) is 14.5. The average molecular weight is 608 g/mol. The number of phenolic OH excluding ortho intramolecular Hbond substituents is 1. The maximum absolute atomic E-state index is 13.9. The number of primary amides is 1. The predicted molar refractivity (Wildman–Crippen MR) is 158 cm³/mol. The van der Waals surface area contributed by atoms with Gasteiger partial charge >= 0.3 is 0 Å². The number of aromatic hydroxyl groups is 1. The van der Waals surface area contributed by atoms with Gasteiger partial charge in [-0.2, -0.15) is 0 Å². The number of halogens is 1. The maximum atomic E-state index is 13.9. The van der Waals surface area contributed by atoms with Crippen molar-refractivity contribution in [2.24, 2.45) is 17.6 Å². The first kappa shape index (κ1) is 29.4. The van der Waals surface area contributed by atoms with E-state index in [1.807, 2.05) is 19.1 Å². The van der Waals surface area contributed by atoms with Crippen LogP contribution in [-0.2, 0) is 35.5 Å². The molecule has 11 heteroatoms. The van der Waals surface area contributed by atoms with E-state index in [1.165, 1.54) is 17.2 Å². The fourth-order valence-corrected chi connectivity index (χ4v) is 7.65. The molecule has 0 spiro atoms. The third kappa shape index (κ3) is 4.47. The summed E-state index contributed by atoms with van der Waals surface area (Å²) < 4.78 is 0. The zero-order chi connectivity index (χ0) is 30.8. The zero-order valence-corrected chi connectivity index (χ0v) is 24.4. The lowest BCUT2D eigenvalue weighted by atomic mass is 9.58. The number of aliphatic hydroxyl groups is 3. The molecule has 2 aromatic carbocycles. The molecule has 0 saturated carbocycles. The van der Waals surface area contributed by atoms with E-state index in [1.54, 1.807) is 0 Å². The normalized spacial score (nSPS) is 27.0. The van der Waals surface area contributed by atoms with Crippen LogP contribution >= 0.6 is 11.6 Å². The van der Waals surface area contributed by atoms with Gasteiger partial charge in [0.1, 0.15) is 22.8 Å². The second-order valence-electron chi connectivity index (χ2n) is 11.9. The van der Waals surface area contributed by atoms with Gasteiger partial charge in [0.05, 0.1) is 11.6 Å². The Hall–Kier alpha value is -3.70.